The van der Waals surface area contributed by atoms with Crippen molar-refractivity contribution in [2.75, 3.05) is 0 Å². The van der Waals surface area contributed by atoms with Crippen LogP contribution in [0.5, 0.6) is 0 Å². The first-order chi connectivity index (χ1) is 0. The van der Waals surface area contributed by atoms with Gasteiger partial charge >= 0.3 is 0 Å². The van der Waals surface area contributed by atoms with E-state index >= 15 is 0 Å². The fraction of sp³-hybridized carbons (Fsp3) is 0. The zero-order chi connectivity index (χ0) is 0. The van der Waals surface area contributed by atoms with Crippen molar-refractivity contribution in [3.63, 3.8) is 0 Å². The number of hydrogen-bond acceptors (Lipinski definition) is 0. The van der Waals surface area contributed by atoms with Gasteiger partial charge in [0.2, 0.25) is 0 Å². The van der Waals surface area contributed by atoms with Crippen LogP contribution in [0, 0.1) is 7.43 Å². The van der Waals surface area contributed by atoms with Crippen molar-refractivity contribution in [3.8, 4) is 0 Å². The van der Waals surface area contributed by atoms with E-state index in [1.807, 2.05) is 0 Å². The molecule has 0 aromatic heterocycles. The first-order valence-electron chi connectivity index (χ1n) is 0. The van der Waals surface area contributed by atoms with Crippen LogP contribution in [-0.4, -0.2) is 11.0 Å². The van der Waals surface area contributed by atoms with Crippen LogP contribution in [0.1, 0.15) is 0 Å². The number of hydrogen-bond donors (Lipinski definition) is 0. The summed E-state index contributed by atoms with van der Waals surface area (Å²) >= 11 is 0. The minimum atomic E-state index is 0. The van der Waals surface area contributed by atoms with Crippen LogP contribution < -0.4 is 0 Å². The molecule has 0 atom stereocenters. The SMILES string of the molecule is [C].[Cr].[Fe].[Si]. The van der Waals surface area contributed by atoms with E-state index in [1.54, 1.807) is 0 Å². The first kappa shape index (κ1) is 59.6. The largest absolute Gasteiger partial charge is 0 e. The van der Waals surface area contributed by atoms with E-state index < -0.39 is 0 Å². The maximum absolute atomic E-state index is 0. The summed E-state index contributed by atoms with van der Waals surface area (Å²) in [5.41, 5.74) is 0. The summed E-state index contributed by atoms with van der Waals surface area (Å²) in [7, 11) is 0. The van der Waals surface area contributed by atoms with Crippen molar-refractivity contribution in [1.82, 2.24) is 0 Å². The molecule has 0 spiro atoms. The quantitative estimate of drug-likeness (QED) is 0.413. The smallest absolute Gasteiger partial charge is 0 e. The summed E-state index contributed by atoms with van der Waals surface area (Å²) in [6.45, 7) is 0. The average molecular weight is 148 g/mol. The number of rotatable bonds is 0. The monoisotopic (exact) mass is 148 g/mol. The van der Waals surface area contributed by atoms with Gasteiger partial charge in [-0.1, -0.05) is 0 Å². The second kappa shape index (κ2) is 28.3. The molecule has 22 valence electrons. The Hall–Kier alpha value is 1.27. The Morgan fingerprint density at radius 1 is 1.00 bits per heavy atom. The van der Waals surface area contributed by atoms with Crippen LogP contribution in [0.25, 0.3) is 0 Å². The Morgan fingerprint density at radius 3 is 1.00 bits per heavy atom. The van der Waals surface area contributed by atoms with Crippen molar-refractivity contribution in [1.29, 1.82) is 0 Å². The molecule has 0 aliphatic heterocycles. The molecule has 3 heteroatoms. The van der Waals surface area contributed by atoms with E-state index in [4.69, 9.17) is 0 Å². The minimum Gasteiger partial charge on any atom is 0 e. The molecule has 0 saturated carbocycles. The zero-order valence-electron chi connectivity index (χ0n) is 1.76. The summed E-state index contributed by atoms with van der Waals surface area (Å²) in [5, 5.41) is 0. The summed E-state index contributed by atoms with van der Waals surface area (Å²) in [4.78, 5) is 0. The van der Waals surface area contributed by atoms with Gasteiger partial charge < -0.3 is 0 Å². The van der Waals surface area contributed by atoms with Gasteiger partial charge in [0.1, 0.15) is 0 Å². The predicted molar refractivity (Wildman–Crippen MR) is 9.00 cm³/mol. The van der Waals surface area contributed by atoms with Gasteiger partial charge in [-0.3, -0.25) is 0 Å². The summed E-state index contributed by atoms with van der Waals surface area (Å²) in [5.74, 6) is 0. The van der Waals surface area contributed by atoms with Gasteiger partial charge in [0.15, 0.2) is 0 Å². The molecule has 0 aliphatic carbocycles. The third-order valence-electron chi connectivity index (χ3n) is 0. The van der Waals surface area contributed by atoms with Gasteiger partial charge in [0, 0.05) is 52.8 Å². The van der Waals surface area contributed by atoms with Crippen LogP contribution in [0.2, 0.25) is 0 Å². The molecule has 8 radical (unpaired) electrons. The Labute approximate surface area is 53.0 Å². The van der Waals surface area contributed by atoms with Gasteiger partial charge in [0.05, 0.1) is 0 Å². The van der Waals surface area contributed by atoms with Crippen molar-refractivity contribution in [2.45, 2.75) is 0 Å². The molecular weight excluding hydrogens is 148 g/mol. The molecule has 0 aliphatic rings. The van der Waals surface area contributed by atoms with Crippen molar-refractivity contribution < 1.29 is 34.4 Å². The third-order valence-corrected chi connectivity index (χ3v) is 0. The van der Waals surface area contributed by atoms with Gasteiger partial charge in [0.25, 0.3) is 0 Å². The minimum absolute atomic E-state index is 0. The van der Waals surface area contributed by atoms with E-state index in [0.29, 0.717) is 0 Å². The van der Waals surface area contributed by atoms with Crippen LogP contribution in [0.3, 0.4) is 0 Å². The molecule has 0 unspecified atom stereocenters. The van der Waals surface area contributed by atoms with Crippen LogP contribution in [0.4, 0.5) is 0 Å². The molecule has 0 heterocycles. The van der Waals surface area contributed by atoms with E-state index in [0.717, 1.165) is 0 Å². The molecule has 0 bridgehead atoms. The third kappa shape index (κ3) is 10.5. The van der Waals surface area contributed by atoms with Crippen LogP contribution in [-0.2, 0) is 34.4 Å². The Balaban J connectivity index is 0. The summed E-state index contributed by atoms with van der Waals surface area (Å²) in [6.07, 6.45) is 0. The van der Waals surface area contributed by atoms with E-state index in [1.165, 1.54) is 0 Å². The normalized spacial score (nSPS) is 0. The average Bonchev–Trinajstić information content (AvgIpc) is 0. The maximum atomic E-state index is 0. The Bertz CT molecular complexity index is 8.00. The topological polar surface area (TPSA) is 0 Å². The predicted octanol–water partition coefficient (Wildman–Crippen LogP) is -0.305. The molecule has 0 aromatic carbocycles. The second-order valence-electron chi connectivity index (χ2n) is 0. The standard InChI is InChI=1S/C.Cr.Fe.Si. The first-order valence-corrected chi connectivity index (χ1v) is 0. The van der Waals surface area contributed by atoms with Gasteiger partial charge in [-0.15, -0.1) is 0 Å². The Morgan fingerprint density at radius 2 is 1.00 bits per heavy atom. The zero-order valence-corrected chi connectivity index (χ0v) is 5.14. The van der Waals surface area contributed by atoms with Gasteiger partial charge in [-0.2, -0.15) is 0 Å². The van der Waals surface area contributed by atoms with Crippen molar-refractivity contribution in [3.05, 3.63) is 7.43 Å². The molecule has 4 heavy (non-hydrogen) atoms. The second-order valence-corrected chi connectivity index (χ2v) is 0. The van der Waals surface area contributed by atoms with Crippen LogP contribution >= 0.6 is 0 Å². The molecule has 0 fully saturated rings. The molecule has 0 nitrogen and oxygen atoms in total. The van der Waals surface area contributed by atoms with E-state index in [9.17, 15) is 0 Å². The van der Waals surface area contributed by atoms with Gasteiger partial charge in [-0.05, 0) is 0 Å². The molecular formula is CCrFeSi. The molecule has 0 saturated heterocycles. The molecule has 0 aromatic rings. The van der Waals surface area contributed by atoms with E-state index in [-0.39, 0.29) is 52.8 Å². The molecule has 0 amide bonds. The summed E-state index contributed by atoms with van der Waals surface area (Å²) < 4.78 is 0. The van der Waals surface area contributed by atoms with Gasteiger partial charge in [-0.25, -0.2) is 0 Å². The van der Waals surface area contributed by atoms with Crippen LogP contribution in [0.15, 0.2) is 0 Å². The fourth-order valence-electron chi connectivity index (χ4n) is 0. The summed E-state index contributed by atoms with van der Waals surface area (Å²) in [6, 6.07) is 0. The molecule has 0 rings (SSSR count). The van der Waals surface area contributed by atoms with Crippen molar-refractivity contribution in [2.24, 2.45) is 0 Å². The Kier molecular flexibility index (Phi) is 422. The van der Waals surface area contributed by atoms with Crippen molar-refractivity contribution >= 4 is 11.0 Å². The molecule has 0 N–H and O–H groups in total. The maximum Gasteiger partial charge on any atom is 0 e. The fourth-order valence-corrected chi connectivity index (χ4v) is 0. The van der Waals surface area contributed by atoms with E-state index in [2.05, 4.69) is 0 Å².